The Bertz CT molecular complexity index is 1860. The lowest BCUT2D eigenvalue weighted by molar-refractivity contribution is -0.125. The maximum absolute atomic E-state index is 14.1. The van der Waals surface area contributed by atoms with Gasteiger partial charge in [-0.3, -0.25) is 9.78 Å². The van der Waals surface area contributed by atoms with E-state index in [1.165, 1.54) is 10.6 Å². The summed E-state index contributed by atoms with van der Waals surface area (Å²) < 4.78 is 7.16. The number of carbonyl (C=O) groups is 1. The first-order valence-electron chi connectivity index (χ1n) is 14.4. The van der Waals surface area contributed by atoms with Crippen LogP contribution in [0.4, 0.5) is 5.82 Å². The van der Waals surface area contributed by atoms with Gasteiger partial charge in [-0.05, 0) is 48.7 Å². The first-order chi connectivity index (χ1) is 20.7. The van der Waals surface area contributed by atoms with Crippen LogP contribution >= 0.6 is 0 Å². The van der Waals surface area contributed by atoms with E-state index in [-0.39, 0.29) is 23.7 Å². The SMILES string of the molecule is C=CC(=O)N1CC2CN(c3nc(=O)n(-c4c(C)ccnc4C(C)C)c4nc(-c5ccccc5OC)c(C#N)cc34)CC2C1. The van der Waals surface area contributed by atoms with Gasteiger partial charge < -0.3 is 14.5 Å². The monoisotopic (exact) mass is 575 g/mol. The molecule has 3 aromatic heterocycles. The van der Waals surface area contributed by atoms with Crippen LogP contribution in [0.25, 0.3) is 28.0 Å². The molecule has 0 aliphatic carbocycles. The van der Waals surface area contributed by atoms with Crippen molar-refractivity contribution in [3.63, 3.8) is 0 Å². The van der Waals surface area contributed by atoms with Crippen LogP contribution in [0.5, 0.6) is 5.75 Å². The van der Waals surface area contributed by atoms with Crippen molar-refractivity contribution in [3.05, 3.63) is 82.6 Å². The maximum atomic E-state index is 14.1. The molecule has 10 nitrogen and oxygen atoms in total. The molecule has 1 aromatic carbocycles. The highest BCUT2D eigenvalue weighted by Crippen LogP contribution is 2.39. The van der Waals surface area contributed by atoms with E-state index >= 15 is 0 Å². The van der Waals surface area contributed by atoms with E-state index in [0.29, 0.717) is 71.3 Å². The number of pyridine rings is 2. The molecule has 10 heteroatoms. The molecule has 6 rings (SSSR count). The number of methoxy groups -OCH3 is 1. The van der Waals surface area contributed by atoms with E-state index in [1.807, 2.05) is 56.0 Å². The van der Waals surface area contributed by atoms with Crippen LogP contribution in [0.3, 0.4) is 0 Å². The fourth-order valence-electron chi connectivity index (χ4n) is 6.46. The number of aryl methyl sites for hydroxylation is 1. The van der Waals surface area contributed by atoms with Crippen LogP contribution in [0, 0.1) is 30.1 Å². The average Bonchev–Trinajstić information content (AvgIpc) is 3.60. The minimum absolute atomic E-state index is 0.0303. The third kappa shape index (κ3) is 4.71. The molecule has 0 spiro atoms. The zero-order valence-corrected chi connectivity index (χ0v) is 24.7. The molecule has 43 heavy (non-hydrogen) atoms. The summed E-state index contributed by atoms with van der Waals surface area (Å²) in [6.07, 6.45) is 3.10. The number of nitrogens with zero attached hydrogens (tertiary/aromatic N) is 7. The third-order valence-corrected chi connectivity index (χ3v) is 8.53. The molecule has 0 saturated carbocycles. The Morgan fingerprint density at radius 1 is 1.14 bits per heavy atom. The van der Waals surface area contributed by atoms with Gasteiger partial charge in [0.15, 0.2) is 5.65 Å². The highest BCUT2D eigenvalue weighted by Gasteiger charge is 2.42. The van der Waals surface area contributed by atoms with E-state index in [2.05, 4.69) is 27.5 Å². The molecule has 218 valence electrons. The fraction of sp³-hybridized carbons (Fsp3) is 0.333. The van der Waals surface area contributed by atoms with Gasteiger partial charge in [0.2, 0.25) is 5.91 Å². The highest BCUT2D eigenvalue weighted by atomic mass is 16.5. The lowest BCUT2D eigenvalue weighted by Gasteiger charge is -2.24. The van der Waals surface area contributed by atoms with Gasteiger partial charge in [0.25, 0.3) is 0 Å². The Kier molecular flexibility index (Phi) is 7.18. The van der Waals surface area contributed by atoms with Crippen molar-refractivity contribution in [3.8, 4) is 28.8 Å². The molecule has 2 aliphatic rings. The molecule has 2 atom stereocenters. The Morgan fingerprint density at radius 3 is 2.51 bits per heavy atom. The molecule has 1 amide bonds. The molecule has 0 N–H and O–H groups in total. The predicted molar refractivity (Wildman–Crippen MR) is 164 cm³/mol. The number of carbonyl (C=O) groups excluding carboxylic acids is 1. The summed E-state index contributed by atoms with van der Waals surface area (Å²) in [6, 6.07) is 13.4. The zero-order valence-electron chi connectivity index (χ0n) is 24.7. The van der Waals surface area contributed by atoms with E-state index in [9.17, 15) is 14.9 Å². The number of para-hydroxylation sites is 1. The second-order valence-electron chi connectivity index (χ2n) is 11.5. The number of likely N-dealkylation sites (tertiary alicyclic amines) is 1. The maximum Gasteiger partial charge on any atom is 0.355 e. The minimum Gasteiger partial charge on any atom is -0.496 e. The molecule has 4 aromatic rings. The van der Waals surface area contributed by atoms with Crippen molar-refractivity contribution in [2.24, 2.45) is 11.8 Å². The standard InChI is InChI=1S/C33H33N7O3/c1-6-27(41)38-15-22-17-39(18-23(22)16-38)31-25-13-21(14-34)29(24-9-7-8-10-26(24)43-5)36-32(25)40(33(42)37-31)30-20(4)11-12-35-28(30)19(2)3/h6-13,19,22-23H,1,15-18H2,2-5H3. The van der Waals surface area contributed by atoms with Gasteiger partial charge in [0.05, 0.1) is 35.1 Å². The van der Waals surface area contributed by atoms with Crippen molar-refractivity contribution in [1.82, 2.24) is 24.4 Å². The first kappa shape index (κ1) is 28.1. The molecular weight excluding hydrogens is 542 g/mol. The van der Waals surface area contributed by atoms with Crippen LogP contribution < -0.4 is 15.3 Å². The van der Waals surface area contributed by atoms with Crippen LogP contribution in [0.15, 0.2) is 60.0 Å². The number of amides is 1. The number of benzene rings is 1. The second kappa shape index (κ2) is 11.0. The largest absolute Gasteiger partial charge is 0.496 e. The number of anilines is 1. The lowest BCUT2D eigenvalue weighted by atomic mass is 10.0. The molecule has 5 heterocycles. The van der Waals surface area contributed by atoms with Crippen molar-refractivity contribution in [2.45, 2.75) is 26.7 Å². The van der Waals surface area contributed by atoms with Gasteiger partial charge >= 0.3 is 5.69 Å². The smallest absolute Gasteiger partial charge is 0.355 e. The Labute approximate surface area is 249 Å². The number of ether oxygens (including phenoxy) is 1. The van der Waals surface area contributed by atoms with Gasteiger partial charge in [-0.25, -0.2) is 14.3 Å². The van der Waals surface area contributed by atoms with Gasteiger partial charge in [0, 0.05) is 49.8 Å². The number of nitriles is 1. The summed E-state index contributed by atoms with van der Waals surface area (Å²) in [5.41, 5.74) is 3.61. The lowest BCUT2D eigenvalue weighted by Crippen LogP contribution is -2.34. The number of aromatic nitrogens is 4. The van der Waals surface area contributed by atoms with E-state index in [0.717, 1.165) is 11.3 Å². The Morgan fingerprint density at radius 2 is 1.86 bits per heavy atom. The summed E-state index contributed by atoms with van der Waals surface area (Å²) in [7, 11) is 1.58. The summed E-state index contributed by atoms with van der Waals surface area (Å²) in [5.74, 6) is 1.52. The molecule has 2 aliphatic heterocycles. The quantitative estimate of drug-likeness (QED) is 0.314. The number of fused-ring (bicyclic) bond motifs is 2. The molecule has 2 unspecified atom stereocenters. The predicted octanol–water partition coefficient (Wildman–Crippen LogP) is 4.24. The number of hydrogen-bond acceptors (Lipinski definition) is 8. The van der Waals surface area contributed by atoms with Crippen LogP contribution in [0.2, 0.25) is 0 Å². The molecule has 0 radical (unpaired) electrons. The first-order valence-corrected chi connectivity index (χ1v) is 14.4. The van der Waals surface area contributed by atoms with E-state index in [1.54, 1.807) is 19.4 Å². The molecule has 2 fully saturated rings. The summed E-state index contributed by atoms with van der Waals surface area (Å²) in [6.45, 7) is 12.2. The van der Waals surface area contributed by atoms with Crippen molar-refractivity contribution >= 4 is 22.8 Å². The topological polar surface area (TPSA) is 117 Å². The molecular formula is C33H33N7O3. The van der Waals surface area contributed by atoms with Crippen LogP contribution in [0.1, 0.15) is 36.6 Å². The van der Waals surface area contributed by atoms with Crippen molar-refractivity contribution < 1.29 is 9.53 Å². The number of rotatable bonds is 6. The second-order valence-corrected chi connectivity index (χ2v) is 11.5. The summed E-state index contributed by atoms with van der Waals surface area (Å²) >= 11 is 0. The number of hydrogen-bond donors (Lipinski definition) is 0. The Hall–Kier alpha value is -5.04. The van der Waals surface area contributed by atoms with Crippen molar-refractivity contribution in [2.75, 3.05) is 38.2 Å². The van der Waals surface area contributed by atoms with Crippen LogP contribution in [-0.2, 0) is 4.79 Å². The van der Waals surface area contributed by atoms with Gasteiger partial charge in [-0.15, -0.1) is 0 Å². The highest BCUT2D eigenvalue weighted by molar-refractivity contribution is 5.93. The van der Waals surface area contributed by atoms with Gasteiger partial charge in [-0.2, -0.15) is 10.2 Å². The third-order valence-electron chi connectivity index (χ3n) is 8.53. The van der Waals surface area contributed by atoms with Crippen LogP contribution in [-0.4, -0.2) is 63.6 Å². The average molecular weight is 576 g/mol. The molecule has 0 bridgehead atoms. The van der Waals surface area contributed by atoms with Gasteiger partial charge in [-0.1, -0.05) is 32.6 Å². The minimum atomic E-state index is -0.468. The van der Waals surface area contributed by atoms with Gasteiger partial charge in [0.1, 0.15) is 17.6 Å². The van der Waals surface area contributed by atoms with Crippen molar-refractivity contribution in [1.29, 1.82) is 5.26 Å². The molecule has 2 saturated heterocycles. The van der Waals surface area contributed by atoms with E-state index < -0.39 is 5.69 Å². The normalized spacial score (nSPS) is 17.8. The summed E-state index contributed by atoms with van der Waals surface area (Å²) in [4.78, 5) is 44.6. The van der Waals surface area contributed by atoms with E-state index in [4.69, 9.17) is 9.72 Å². The fourth-order valence-corrected chi connectivity index (χ4v) is 6.46. The summed E-state index contributed by atoms with van der Waals surface area (Å²) in [5, 5.41) is 10.9. The zero-order chi connectivity index (χ0) is 30.4. The Balaban J connectivity index is 1.60.